The number of carbonyl (C=O) groups is 2. The zero-order valence-corrected chi connectivity index (χ0v) is 11.8. The number of hydrogen-bond acceptors (Lipinski definition) is 6. The lowest BCUT2D eigenvalue weighted by Crippen LogP contribution is -2.53. The van der Waals surface area contributed by atoms with Gasteiger partial charge in [-0.15, -0.1) is 0 Å². The molecule has 0 aliphatic carbocycles. The maximum atomic E-state index is 12.5. The van der Waals surface area contributed by atoms with Crippen LogP contribution in [0.1, 0.15) is 21.7 Å². The third-order valence-electron chi connectivity index (χ3n) is 3.29. The average molecular weight is 289 g/mol. The van der Waals surface area contributed by atoms with E-state index in [2.05, 4.69) is 9.72 Å². The largest absolute Gasteiger partial charge is 0.467 e. The van der Waals surface area contributed by atoms with Crippen LogP contribution in [-0.4, -0.2) is 54.7 Å². The van der Waals surface area contributed by atoms with Crippen molar-refractivity contribution in [2.75, 3.05) is 26.9 Å². The van der Waals surface area contributed by atoms with Crippen molar-refractivity contribution in [3.63, 3.8) is 0 Å². The summed E-state index contributed by atoms with van der Waals surface area (Å²) in [6.07, 6.45) is 0. The van der Waals surface area contributed by atoms with Crippen molar-refractivity contribution in [1.82, 2.24) is 9.88 Å². The molecule has 0 aromatic carbocycles. The van der Waals surface area contributed by atoms with Gasteiger partial charge in [-0.3, -0.25) is 4.79 Å². The number of methoxy groups -OCH3 is 1. The summed E-state index contributed by atoms with van der Waals surface area (Å²) in [5, 5.41) is 8.88. The van der Waals surface area contributed by atoms with Crippen LogP contribution in [0.15, 0.2) is 12.1 Å². The Morgan fingerprint density at radius 3 is 2.90 bits per heavy atom. The topological polar surface area (TPSA) is 92.5 Å². The molecule has 2 rings (SSSR count). The van der Waals surface area contributed by atoms with Crippen LogP contribution in [0.25, 0.3) is 0 Å². The fourth-order valence-corrected chi connectivity index (χ4v) is 2.12. The van der Waals surface area contributed by atoms with E-state index in [4.69, 9.17) is 10.00 Å². The van der Waals surface area contributed by atoms with Gasteiger partial charge in [-0.05, 0) is 19.1 Å². The second-order valence-corrected chi connectivity index (χ2v) is 4.55. The van der Waals surface area contributed by atoms with Crippen LogP contribution < -0.4 is 0 Å². The third-order valence-corrected chi connectivity index (χ3v) is 3.29. The molecule has 0 saturated carbocycles. The molecule has 110 valence electrons. The first-order valence-electron chi connectivity index (χ1n) is 6.42. The molecule has 0 spiro atoms. The maximum absolute atomic E-state index is 12.5. The van der Waals surface area contributed by atoms with Crippen molar-refractivity contribution in [3.8, 4) is 6.07 Å². The van der Waals surface area contributed by atoms with Gasteiger partial charge in [0.25, 0.3) is 5.91 Å². The summed E-state index contributed by atoms with van der Waals surface area (Å²) in [7, 11) is 1.27. The van der Waals surface area contributed by atoms with Crippen LogP contribution in [0, 0.1) is 18.3 Å². The van der Waals surface area contributed by atoms with Gasteiger partial charge in [0.1, 0.15) is 11.8 Å². The Bertz CT molecular complexity index is 609. The molecule has 1 amide bonds. The van der Waals surface area contributed by atoms with Crippen molar-refractivity contribution in [2.45, 2.75) is 13.0 Å². The molecule has 1 aromatic rings. The number of esters is 1. The van der Waals surface area contributed by atoms with Crippen LogP contribution in [0.5, 0.6) is 0 Å². The highest BCUT2D eigenvalue weighted by Crippen LogP contribution is 2.14. The van der Waals surface area contributed by atoms with Crippen LogP contribution in [0.4, 0.5) is 0 Å². The SMILES string of the molecule is COC(=O)C1COCCN1C(=O)c1ccc(C#N)c(C)n1. The Morgan fingerprint density at radius 1 is 1.52 bits per heavy atom. The van der Waals surface area contributed by atoms with Gasteiger partial charge in [-0.2, -0.15) is 5.26 Å². The van der Waals surface area contributed by atoms with E-state index >= 15 is 0 Å². The van der Waals surface area contributed by atoms with E-state index in [0.717, 1.165) is 0 Å². The number of amides is 1. The lowest BCUT2D eigenvalue weighted by atomic mass is 10.1. The molecule has 0 radical (unpaired) electrons. The second-order valence-electron chi connectivity index (χ2n) is 4.55. The minimum absolute atomic E-state index is 0.105. The third kappa shape index (κ3) is 3.01. The van der Waals surface area contributed by atoms with Gasteiger partial charge < -0.3 is 14.4 Å². The molecule has 2 heterocycles. The van der Waals surface area contributed by atoms with E-state index < -0.39 is 12.0 Å². The van der Waals surface area contributed by atoms with Crippen molar-refractivity contribution in [3.05, 3.63) is 29.1 Å². The lowest BCUT2D eigenvalue weighted by molar-refractivity contribution is -0.151. The quantitative estimate of drug-likeness (QED) is 0.726. The van der Waals surface area contributed by atoms with Crippen molar-refractivity contribution >= 4 is 11.9 Å². The molecule has 1 aromatic heterocycles. The van der Waals surface area contributed by atoms with Crippen LogP contribution in [0.2, 0.25) is 0 Å². The van der Waals surface area contributed by atoms with E-state index in [1.54, 1.807) is 13.0 Å². The Kier molecular flexibility index (Phi) is 4.50. The fourth-order valence-electron chi connectivity index (χ4n) is 2.12. The predicted octanol–water partition coefficient (Wildman–Crippen LogP) is 0.276. The van der Waals surface area contributed by atoms with Crippen molar-refractivity contribution in [2.24, 2.45) is 0 Å². The molecule has 1 saturated heterocycles. The number of nitrogens with zero attached hydrogens (tertiary/aromatic N) is 3. The number of nitriles is 1. The van der Waals surface area contributed by atoms with E-state index in [-0.39, 0.29) is 18.2 Å². The number of aromatic nitrogens is 1. The van der Waals surface area contributed by atoms with Gasteiger partial charge in [0, 0.05) is 6.54 Å². The number of carbonyl (C=O) groups excluding carboxylic acids is 2. The molecule has 1 aliphatic rings. The summed E-state index contributed by atoms with van der Waals surface area (Å²) < 4.78 is 9.91. The molecular formula is C14H15N3O4. The normalized spacial score (nSPS) is 18.0. The van der Waals surface area contributed by atoms with Gasteiger partial charge in [0.05, 0.1) is 31.6 Å². The molecule has 1 atom stereocenters. The molecular weight excluding hydrogens is 274 g/mol. The summed E-state index contributed by atoms with van der Waals surface area (Å²) in [5.41, 5.74) is 1.09. The molecule has 7 nitrogen and oxygen atoms in total. The van der Waals surface area contributed by atoms with Crippen molar-refractivity contribution in [1.29, 1.82) is 5.26 Å². The Labute approximate surface area is 122 Å². The summed E-state index contributed by atoms with van der Waals surface area (Å²) in [5.74, 6) is -0.894. The molecule has 0 N–H and O–H groups in total. The van der Waals surface area contributed by atoms with Gasteiger partial charge in [0.2, 0.25) is 0 Å². The number of ether oxygens (including phenoxy) is 2. The lowest BCUT2D eigenvalue weighted by Gasteiger charge is -2.33. The van der Waals surface area contributed by atoms with Crippen LogP contribution >= 0.6 is 0 Å². The predicted molar refractivity (Wildman–Crippen MR) is 71.3 cm³/mol. The average Bonchev–Trinajstić information content (AvgIpc) is 2.53. The first kappa shape index (κ1) is 14.9. The highest BCUT2D eigenvalue weighted by molar-refractivity contribution is 5.95. The Balaban J connectivity index is 2.27. The first-order valence-corrected chi connectivity index (χ1v) is 6.42. The number of morpholine rings is 1. The monoisotopic (exact) mass is 289 g/mol. The Hall–Kier alpha value is -2.46. The highest BCUT2D eigenvalue weighted by Gasteiger charge is 2.34. The summed E-state index contributed by atoms with van der Waals surface area (Å²) in [6.45, 7) is 2.41. The second kappa shape index (κ2) is 6.33. The summed E-state index contributed by atoms with van der Waals surface area (Å²) in [6, 6.07) is 4.25. The fraction of sp³-hybridized carbons (Fsp3) is 0.429. The minimum atomic E-state index is -0.769. The zero-order chi connectivity index (χ0) is 15.4. The van der Waals surface area contributed by atoms with Crippen molar-refractivity contribution < 1.29 is 19.1 Å². The summed E-state index contributed by atoms with van der Waals surface area (Å²) in [4.78, 5) is 29.7. The number of aryl methyl sites for hydroxylation is 1. The number of rotatable bonds is 2. The smallest absolute Gasteiger partial charge is 0.331 e. The first-order chi connectivity index (χ1) is 10.1. The minimum Gasteiger partial charge on any atom is -0.467 e. The Morgan fingerprint density at radius 2 is 2.29 bits per heavy atom. The van der Waals surface area contributed by atoms with Gasteiger partial charge in [0.15, 0.2) is 6.04 Å². The number of pyridine rings is 1. The maximum Gasteiger partial charge on any atom is 0.331 e. The van der Waals surface area contributed by atoms with Gasteiger partial charge in [-0.1, -0.05) is 0 Å². The molecule has 1 unspecified atom stereocenters. The molecule has 0 bridgehead atoms. The van der Waals surface area contributed by atoms with Gasteiger partial charge in [-0.25, -0.2) is 9.78 Å². The van der Waals surface area contributed by atoms with Gasteiger partial charge >= 0.3 is 5.97 Å². The van der Waals surface area contributed by atoms with Crippen LogP contribution in [0.3, 0.4) is 0 Å². The van der Waals surface area contributed by atoms with E-state index in [0.29, 0.717) is 24.4 Å². The molecule has 7 heteroatoms. The summed E-state index contributed by atoms with van der Waals surface area (Å²) >= 11 is 0. The van der Waals surface area contributed by atoms with E-state index in [1.165, 1.54) is 18.1 Å². The zero-order valence-electron chi connectivity index (χ0n) is 11.8. The van der Waals surface area contributed by atoms with E-state index in [1.807, 2.05) is 6.07 Å². The highest BCUT2D eigenvalue weighted by atomic mass is 16.5. The molecule has 1 fully saturated rings. The van der Waals surface area contributed by atoms with Crippen LogP contribution in [-0.2, 0) is 14.3 Å². The molecule has 1 aliphatic heterocycles. The standard InChI is InChI=1S/C14H15N3O4/c1-9-10(7-15)3-4-11(16-9)13(18)17-5-6-21-8-12(17)14(19)20-2/h3-4,12H,5-6,8H2,1-2H3. The van der Waals surface area contributed by atoms with E-state index in [9.17, 15) is 9.59 Å². The number of hydrogen-bond donors (Lipinski definition) is 0. The molecule has 21 heavy (non-hydrogen) atoms.